The topological polar surface area (TPSA) is 49.4 Å². The summed E-state index contributed by atoms with van der Waals surface area (Å²) in [6, 6.07) is 15.3. The van der Waals surface area contributed by atoms with E-state index in [2.05, 4.69) is 21.2 Å². The van der Waals surface area contributed by atoms with Crippen LogP contribution in [0, 0.1) is 6.92 Å². The molecule has 6 heteroatoms. The Labute approximate surface area is 167 Å². The first-order valence-corrected chi connectivity index (χ1v) is 10.1. The van der Waals surface area contributed by atoms with E-state index in [4.69, 9.17) is 0 Å². The highest BCUT2D eigenvalue weighted by atomic mass is 79.9. The minimum Gasteiger partial charge on any atom is -0.357 e. The minimum absolute atomic E-state index is 0.0633. The van der Waals surface area contributed by atoms with Crippen LogP contribution in [0.25, 0.3) is 0 Å². The Morgan fingerprint density at radius 3 is 2.50 bits per heavy atom. The normalized spacial score (nSPS) is 11.7. The lowest BCUT2D eigenvalue weighted by Gasteiger charge is -2.28. The molecule has 0 aliphatic heterocycles. The average molecular weight is 435 g/mol. The number of amides is 2. The highest BCUT2D eigenvalue weighted by Crippen LogP contribution is 2.21. The smallest absolute Gasteiger partial charge is 0.242 e. The Bertz CT molecular complexity index is 765. The maximum Gasteiger partial charge on any atom is 0.242 e. The van der Waals surface area contributed by atoms with E-state index in [-0.39, 0.29) is 11.8 Å². The number of hydrogen-bond donors (Lipinski definition) is 1. The maximum atomic E-state index is 12.8. The zero-order valence-corrected chi connectivity index (χ0v) is 17.6. The Balaban J connectivity index is 2.12. The number of halogens is 1. The lowest BCUT2D eigenvalue weighted by molar-refractivity contribution is -0.138. The summed E-state index contributed by atoms with van der Waals surface area (Å²) in [6.45, 7) is 4.18. The number of likely N-dealkylation sites (N-methyl/N-ethyl adjacent to an activating group) is 1. The molecular weight excluding hydrogens is 412 g/mol. The molecule has 138 valence electrons. The minimum atomic E-state index is -0.537. The summed E-state index contributed by atoms with van der Waals surface area (Å²) in [6.07, 6.45) is 0. The second kappa shape index (κ2) is 9.78. The molecule has 26 heavy (non-hydrogen) atoms. The van der Waals surface area contributed by atoms with Crippen molar-refractivity contribution >= 4 is 39.5 Å². The van der Waals surface area contributed by atoms with Crippen molar-refractivity contribution in [1.82, 2.24) is 10.2 Å². The van der Waals surface area contributed by atoms with Crippen LogP contribution in [0.1, 0.15) is 18.1 Å². The molecule has 0 aliphatic carbocycles. The van der Waals surface area contributed by atoms with Crippen molar-refractivity contribution in [2.75, 3.05) is 12.8 Å². The van der Waals surface area contributed by atoms with Crippen molar-refractivity contribution in [3.63, 3.8) is 0 Å². The molecule has 0 spiro atoms. The third kappa shape index (κ3) is 5.88. The van der Waals surface area contributed by atoms with Gasteiger partial charge in [-0.05, 0) is 43.7 Å². The van der Waals surface area contributed by atoms with E-state index in [1.165, 1.54) is 17.3 Å². The van der Waals surface area contributed by atoms with E-state index < -0.39 is 6.04 Å². The van der Waals surface area contributed by atoms with Gasteiger partial charge in [0.15, 0.2) is 0 Å². The molecule has 0 unspecified atom stereocenters. The van der Waals surface area contributed by atoms with Gasteiger partial charge in [0.05, 0.1) is 5.75 Å². The Morgan fingerprint density at radius 1 is 1.19 bits per heavy atom. The van der Waals surface area contributed by atoms with E-state index in [1.54, 1.807) is 18.9 Å². The van der Waals surface area contributed by atoms with E-state index in [1.807, 2.05) is 55.5 Å². The van der Waals surface area contributed by atoms with Gasteiger partial charge >= 0.3 is 0 Å². The summed E-state index contributed by atoms with van der Waals surface area (Å²) >= 11 is 4.93. The fourth-order valence-corrected chi connectivity index (χ4v) is 3.72. The van der Waals surface area contributed by atoms with Crippen LogP contribution in [-0.2, 0) is 16.1 Å². The molecule has 0 aromatic heterocycles. The molecule has 1 atom stereocenters. The molecule has 0 radical (unpaired) electrons. The van der Waals surface area contributed by atoms with Crippen molar-refractivity contribution in [1.29, 1.82) is 0 Å². The lowest BCUT2D eigenvalue weighted by Crippen LogP contribution is -2.47. The van der Waals surface area contributed by atoms with E-state index >= 15 is 0 Å². The van der Waals surface area contributed by atoms with Crippen LogP contribution >= 0.6 is 27.7 Å². The summed E-state index contributed by atoms with van der Waals surface area (Å²) in [5, 5.41) is 2.63. The highest BCUT2D eigenvalue weighted by molar-refractivity contribution is 9.10. The molecule has 4 nitrogen and oxygen atoms in total. The van der Waals surface area contributed by atoms with Crippen LogP contribution in [-0.4, -0.2) is 35.6 Å². The number of aryl methyl sites for hydroxylation is 1. The maximum absolute atomic E-state index is 12.8. The molecule has 0 saturated carbocycles. The Kier molecular flexibility index (Phi) is 7.72. The summed E-state index contributed by atoms with van der Waals surface area (Å²) in [7, 11) is 1.58. The van der Waals surface area contributed by atoms with E-state index in [9.17, 15) is 9.59 Å². The SMILES string of the molecule is CNC(=O)[C@@H](C)N(Cc1cccc(Br)c1)C(=O)CSc1ccc(C)cc1. The molecule has 0 bridgehead atoms. The number of thioether (sulfide) groups is 1. The summed E-state index contributed by atoms with van der Waals surface area (Å²) in [5.74, 6) is 0.0543. The van der Waals surface area contributed by atoms with Gasteiger partial charge in [-0.1, -0.05) is 45.8 Å². The summed E-state index contributed by atoms with van der Waals surface area (Å²) in [4.78, 5) is 27.6. The van der Waals surface area contributed by atoms with Crippen LogP contribution in [0.5, 0.6) is 0 Å². The molecule has 2 aromatic carbocycles. The number of benzene rings is 2. The van der Waals surface area contributed by atoms with Gasteiger partial charge in [0.1, 0.15) is 6.04 Å². The van der Waals surface area contributed by atoms with Gasteiger partial charge in [-0.25, -0.2) is 0 Å². The van der Waals surface area contributed by atoms with E-state index in [0.29, 0.717) is 12.3 Å². The first kappa shape index (κ1) is 20.5. The van der Waals surface area contributed by atoms with Crippen LogP contribution in [0.4, 0.5) is 0 Å². The molecule has 0 heterocycles. The lowest BCUT2D eigenvalue weighted by atomic mass is 10.1. The van der Waals surface area contributed by atoms with Crippen molar-refractivity contribution in [3.8, 4) is 0 Å². The van der Waals surface area contributed by atoms with Gasteiger partial charge in [0, 0.05) is 23.0 Å². The largest absolute Gasteiger partial charge is 0.357 e. The van der Waals surface area contributed by atoms with Gasteiger partial charge in [0.25, 0.3) is 0 Å². The predicted octanol–water partition coefficient (Wildman–Crippen LogP) is 4.01. The number of carbonyl (C=O) groups excluding carboxylic acids is 2. The molecular formula is C20H23BrN2O2S. The zero-order chi connectivity index (χ0) is 19.1. The van der Waals surface area contributed by atoms with Crippen molar-refractivity contribution in [3.05, 3.63) is 64.1 Å². The molecule has 2 amide bonds. The second-order valence-electron chi connectivity index (χ2n) is 6.04. The quantitative estimate of drug-likeness (QED) is 0.669. The number of nitrogens with one attached hydrogen (secondary N) is 1. The predicted molar refractivity (Wildman–Crippen MR) is 110 cm³/mol. The average Bonchev–Trinajstić information content (AvgIpc) is 2.64. The van der Waals surface area contributed by atoms with Gasteiger partial charge in [-0.15, -0.1) is 11.8 Å². The fraction of sp³-hybridized carbons (Fsp3) is 0.300. The number of hydrogen-bond acceptors (Lipinski definition) is 3. The monoisotopic (exact) mass is 434 g/mol. The number of nitrogens with zero attached hydrogens (tertiary/aromatic N) is 1. The van der Waals surface area contributed by atoms with Crippen molar-refractivity contribution in [2.24, 2.45) is 0 Å². The summed E-state index contributed by atoms with van der Waals surface area (Å²) < 4.78 is 0.948. The molecule has 2 aromatic rings. The molecule has 0 fully saturated rings. The molecule has 0 aliphatic rings. The van der Waals surface area contributed by atoms with Crippen LogP contribution in [0.15, 0.2) is 57.9 Å². The first-order valence-electron chi connectivity index (χ1n) is 8.35. The molecule has 0 saturated heterocycles. The highest BCUT2D eigenvalue weighted by Gasteiger charge is 2.25. The van der Waals surface area contributed by atoms with E-state index in [0.717, 1.165) is 14.9 Å². The number of carbonyl (C=O) groups is 2. The van der Waals surface area contributed by atoms with Gasteiger partial charge in [-0.2, -0.15) is 0 Å². The first-order chi connectivity index (χ1) is 12.4. The standard InChI is InChI=1S/C20H23BrN2O2S/c1-14-7-9-18(10-8-14)26-13-19(24)23(15(2)20(25)22-3)12-16-5-4-6-17(21)11-16/h4-11,15H,12-13H2,1-3H3,(H,22,25)/t15-/m1/s1. The van der Waals surface area contributed by atoms with Crippen LogP contribution < -0.4 is 5.32 Å². The third-order valence-corrected chi connectivity index (χ3v) is 5.53. The van der Waals surface area contributed by atoms with Gasteiger partial charge < -0.3 is 10.2 Å². The third-order valence-electron chi connectivity index (χ3n) is 4.04. The van der Waals surface area contributed by atoms with Crippen LogP contribution in [0.3, 0.4) is 0 Å². The molecule has 2 rings (SSSR count). The van der Waals surface area contributed by atoms with Crippen molar-refractivity contribution in [2.45, 2.75) is 31.3 Å². The molecule has 1 N–H and O–H groups in total. The Morgan fingerprint density at radius 2 is 1.88 bits per heavy atom. The Hall–Kier alpha value is -1.79. The summed E-state index contributed by atoms with van der Waals surface area (Å²) in [5.41, 5.74) is 2.16. The van der Waals surface area contributed by atoms with Crippen molar-refractivity contribution < 1.29 is 9.59 Å². The van der Waals surface area contributed by atoms with Gasteiger partial charge in [0.2, 0.25) is 11.8 Å². The zero-order valence-electron chi connectivity index (χ0n) is 15.2. The van der Waals surface area contributed by atoms with Gasteiger partial charge in [-0.3, -0.25) is 9.59 Å². The second-order valence-corrected chi connectivity index (χ2v) is 8.01. The number of rotatable bonds is 7. The fourth-order valence-electron chi connectivity index (χ4n) is 2.49. The van der Waals surface area contributed by atoms with Crippen LogP contribution in [0.2, 0.25) is 0 Å².